The SMILES string of the molecule is CONC(=O)c1nn(-c2cc(F)ccc2F)c(-c2ccc(F)cc2)c1Br. The quantitative estimate of drug-likeness (QED) is 0.642. The summed E-state index contributed by atoms with van der Waals surface area (Å²) in [5.74, 6) is -2.59. The second-order valence-corrected chi connectivity index (χ2v) is 5.95. The van der Waals surface area contributed by atoms with Gasteiger partial charge in [0, 0.05) is 11.6 Å². The lowest BCUT2D eigenvalue weighted by Gasteiger charge is -2.09. The second-order valence-electron chi connectivity index (χ2n) is 5.16. The number of hydrogen-bond donors (Lipinski definition) is 1. The van der Waals surface area contributed by atoms with Gasteiger partial charge in [0.05, 0.1) is 17.3 Å². The van der Waals surface area contributed by atoms with Crippen LogP contribution < -0.4 is 5.48 Å². The summed E-state index contributed by atoms with van der Waals surface area (Å²) < 4.78 is 42.4. The van der Waals surface area contributed by atoms with Crippen molar-refractivity contribution in [1.29, 1.82) is 0 Å². The maximum atomic E-state index is 14.3. The Balaban J connectivity index is 2.28. The highest BCUT2D eigenvalue weighted by atomic mass is 79.9. The molecule has 0 fully saturated rings. The van der Waals surface area contributed by atoms with Gasteiger partial charge in [-0.25, -0.2) is 23.3 Å². The number of nitrogens with one attached hydrogen (secondary N) is 1. The van der Waals surface area contributed by atoms with Crippen LogP contribution in [0.5, 0.6) is 0 Å². The Morgan fingerprint density at radius 3 is 2.42 bits per heavy atom. The van der Waals surface area contributed by atoms with Gasteiger partial charge in [-0.1, -0.05) is 0 Å². The third-order valence-corrected chi connectivity index (χ3v) is 4.24. The summed E-state index contributed by atoms with van der Waals surface area (Å²) in [6.45, 7) is 0. The highest BCUT2D eigenvalue weighted by molar-refractivity contribution is 9.10. The number of carbonyl (C=O) groups excluding carboxylic acids is 1. The van der Waals surface area contributed by atoms with Crippen molar-refractivity contribution >= 4 is 21.8 Å². The highest BCUT2D eigenvalue weighted by Gasteiger charge is 2.25. The first kappa shape index (κ1) is 18.2. The molecule has 0 radical (unpaired) electrons. The maximum Gasteiger partial charge on any atom is 0.296 e. The average Bonchev–Trinajstić information content (AvgIpc) is 2.95. The van der Waals surface area contributed by atoms with Gasteiger partial charge < -0.3 is 0 Å². The van der Waals surface area contributed by atoms with Crippen molar-refractivity contribution in [3.05, 3.63) is 70.1 Å². The number of hydroxylamine groups is 1. The minimum Gasteiger partial charge on any atom is -0.277 e. The molecule has 0 atom stereocenters. The molecule has 0 saturated carbocycles. The molecule has 0 saturated heterocycles. The Labute approximate surface area is 154 Å². The molecule has 134 valence electrons. The Kier molecular flexibility index (Phi) is 5.10. The molecule has 0 aliphatic rings. The molecule has 0 unspecified atom stereocenters. The lowest BCUT2D eigenvalue weighted by molar-refractivity contribution is 0.0531. The first-order valence-electron chi connectivity index (χ1n) is 7.25. The molecule has 1 N–H and O–H groups in total. The maximum absolute atomic E-state index is 14.3. The van der Waals surface area contributed by atoms with Crippen LogP contribution in [0.4, 0.5) is 13.2 Å². The van der Waals surface area contributed by atoms with Gasteiger partial charge in [-0.2, -0.15) is 5.10 Å². The number of halogens is 4. The van der Waals surface area contributed by atoms with Crippen LogP contribution in [0.15, 0.2) is 46.9 Å². The van der Waals surface area contributed by atoms with Crippen LogP contribution in [0.3, 0.4) is 0 Å². The van der Waals surface area contributed by atoms with E-state index in [1.807, 2.05) is 0 Å². The summed E-state index contributed by atoms with van der Waals surface area (Å²) in [5.41, 5.74) is 2.47. The third-order valence-electron chi connectivity index (χ3n) is 3.49. The molecule has 3 rings (SSSR count). The van der Waals surface area contributed by atoms with E-state index in [-0.39, 0.29) is 21.5 Å². The van der Waals surface area contributed by atoms with Gasteiger partial charge in [0.1, 0.15) is 23.1 Å². The van der Waals surface area contributed by atoms with E-state index in [2.05, 4.69) is 31.3 Å². The van der Waals surface area contributed by atoms with E-state index in [1.165, 1.54) is 31.4 Å². The monoisotopic (exact) mass is 425 g/mol. The number of nitrogens with zero attached hydrogens (tertiary/aromatic N) is 2. The van der Waals surface area contributed by atoms with Crippen molar-refractivity contribution in [3.63, 3.8) is 0 Å². The molecule has 0 aliphatic carbocycles. The predicted octanol–water partition coefficient (Wildman–Crippen LogP) is 4.01. The normalized spacial score (nSPS) is 10.8. The molecule has 0 bridgehead atoms. The zero-order chi connectivity index (χ0) is 18.8. The number of carbonyl (C=O) groups is 1. The van der Waals surface area contributed by atoms with Crippen LogP contribution in [-0.4, -0.2) is 22.8 Å². The first-order valence-corrected chi connectivity index (χ1v) is 8.05. The molecule has 26 heavy (non-hydrogen) atoms. The van der Waals surface area contributed by atoms with Gasteiger partial charge in [-0.15, -0.1) is 0 Å². The van der Waals surface area contributed by atoms with E-state index < -0.39 is 23.4 Å². The van der Waals surface area contributed by atoms with Crippen molar-refractivity contribution in [2.24, 2.45) is 0 Å². The average molecular weight is 426 g/mol. The van der Waals surface area contributed by atoms with Crippen LogP contribution in [-0.2, 0) is 4.84 Å². The number of amides is 1. The molecule has 2 aromatic carbocycles. The lowest BCUT2D eigenvalue weighted by Crippen LogP contribution is -2.22. The van der Waals surface area contributed by atoms with Crippen molar-refractivity contribution in [1.82, 2.24) is 15.3 Å². The van der Waals surface area contributed by atoms with Crippen molar-refractivity contribution < 1.29 is 22.8 Å². The number of aromatic nitrogens is 2. The van der Waals surface area contributed by atoms with Gasteiger partial charge in [0.2, 0.25) is 0 Å². The van der Waals surface area contributed by atoms with Gasteiger partial charge in [0.25, 0.3) is 5.91 Å². The lowest BCUT2D eigenvalue weighted by atomic mass is 10.1. The summed E-state index contributed by atoms with van der Waals surface area (Å²) in [5, 5.41) is 4.08. The van der Waals surface area contributed by atoms with Gasteiger partial charge in [-0.3, -0.25) is 9.63 Å². The largest absolute Gasteiger partial charge is 0.296 e. The second kappa shape index (κ2) is 7.30. The summed E-state index contributed by atoms with van der Waals surface area (Å²) in [6.07, 6.45) is 0. The van der Waals surface area contributed by atoms with Crippen molar-refractivity contribution in [2.75, 3.05) is 7.11 Å². The van der Waals surface area contributed by atoms with Crippen LogP contribution in [0.2, 0.25) is 0 Å². The van der Waals surface area contributed by atoms with E-state index in [4.69, 9.17) is 0 Å². The van der Waals surface area contributed by atoms with Crippen LogP contribution in [0.1, 0.15) is 10.5 Å². The van der Waals surface area contributed by atoms with Crippen molar-refractivity contribution in [2.45, 2.75) is 0 Å². The molecule has 1 heterocycles. The minimum absolute atomic E-state index is 0.116. The predicted molar refractivity (Wildman–Crippen MR) is 91.0 cm³/mol. The molecule has 0 spiro atoms. The fourth-order valence-electron chi connectivity index (χ4n) is 2.36. The minimum atomic E-state index is -0.747. The molecular weight excluding hydrogens is 415 g/mol. The fraction of sp³-hybridized carbons (Fsp3) is 0.0588. The standard InChI is InChI=1S/C17H11BrF3N3O2/c1-26-23-17(25)15-14(18)16(9-2-4-10(19)5-3-9)24(22-15)13-8-11(20)6-7-12(13)21/h2-8H,1H3,(H,23,25). The Morgan fingerprint density at radius 1 is 1.12 bits per heavy atom. The van der Waals surface area contributed by atoms with Crippen LogP contribution in [0, 0.1) is 17.5 Å². The Bertz CT molecular complexity index is 974. The molecule has 0 aliphatic heterocycles. The topological polar surface area (TPSA) is 56.1 Å². The van der Waals surface area contributed by atoms with Crippen LogP contribution >= 0.6 is 15.9 Å². The van der Waals surface area contributed by atoms with E-state index in [0.717, 1.165) is 22.9 Å². The highest BCUT2D eigenvalue weighted by Crippen LogP contribution is 2.34. The van der Waals surface area contributed by atoms with E-state index >= 15 is 0 Å². The van der Waals surface area contributed by atoms with E-state index in [0.29, 0.717) is 5.56 Å². The summed E-state index contributed by atoms with van der Waals surface area (Å²) in [7, 11) is 1.25. The number of benzene rings is 2. The van der Waals surface area contributed by atoms with Crippen LogP contribution in [0.25, 0.3) is 16.9 Å². The summed E-state index contributed by atoms with van der Waals surface area (Å²) in [4.78, 5) is 16.7. The molecule has 1 aromatic heterocycles. The fourth-order valence-corrected chi connectivity index (χ4v) is 3.02. The zero-order valence-electron chi connectivity index (χ0n) is 13.3. The van der Waals surface area contributed by atoms with E-state index in [9.17, 15) is 18.0 Å². The molecule has 3 aromatic rings. The van der Waals surface area contributed by atoms with Gasteiger partial charge in [0.15, 0.2) is 5.69 Å². The number of rotatable bonds is 4. The number of hydrogen-bond acceptors (Lipinski definition) is 3. The van der Waals surface area contributed by atoms with Gasteiger partial charge >= 0.3 is 0 Å². The smallest absolute Gasteiger partial charge is 0.277 e. The molecule has 9 heteroatoms. The molecular formula is C17H11BrF3N3O2. The van der Waals surface area contributed by atoms with E-state index in [1.54, 1.807) is 0 Å². The zero-order valence-corrected chi connectivity index (χ0v) is 14.9. The molecule has 5 nitrogen and oxygen atoms in total. The van der Waals surface area contributed by atoms with Crippen molar-refractivity contribution in [3.8, 4) is 16.9 Å². The molecule has 1 amide bonds. The Hall–Kier alpha value is -2.65. The summed E-state index contributed by atoms with van der Waals surface area (Å²) >= 11 is 3.26. The third kappa shape index (κ3) is 3.35. The first-order chi connectivity index (χ1) is 12.4. The Morgan fingerprint density at radius 2 is 1.77 bits per heavy atom. The summed E-state index contributed by atoms with van der Waals surface area (Å²) in [6, 6.07) is 8.13. The van der Waals surface area contributed by atoms with Gasteiger partial charge in [-0.05, 0) is 52.3 Å².